The van der Waals surface area contributed by atoms with Crippen LogP contribution in [0.2, 0.25) is 0 Å². The van der Waals surface area contributed by atoms with Crippen LogP contribution in [0.4, 0.5) is 0 Å². The van der Waals surface area contributed by atoms with Gasteiger partial charge in [0.15, 0.2) is 0 Å². The van der Waals surface area contributed by atoms with E-state index in [1.807, 2.05) is 17.7 Å². The van der Waals surface area contributed by atoms with Crippen molar-refractivity contribution >= 4 is 0 Å². The molecule has 0 saturated carbocycles. The van der Waals surface area contributed by atoms with Crippen LogP contribution in [0.3, 0.4) is 0 Å². The lowest BCUT2D eigenvalue weighted by atomic mass is 9.91. The SMILES string of the molecule is CNC1CCCc2c1ccc(=O)n2CCCCC#N. The molecule has 1 N–H and O–H groups in total. The zero-order chi connectivity index (χ0) is 13.7. The van der Waals surface area contributed by atoms with Crippen LogP contribution in [0, 0.1) is 11.3 Å². The van der Waals surface area contributed by atoms with Gasteiger partial charge in [-0.25, -0.2) is 0 Å². The maximum atomic E-state index is 12.0. The van der Waals surface area contributed by atoms with Crippen molar-refractivity contribution in [3.8, 4) is 6.07 Å². The number of aromatic nitrogens is 1. The second-order valence-electron chi connectivity index (χ2n) is 5.07. The van der Waals surface area contributed by atoms with Crippen LogP contribution in [0.5, 0.6) is 0 Å². The predicted molar refractivity (Wildman–Crippen MR) is 74.9 cm³/mol. The highest BCUT2D eigenvalue weighted by Crippen LogP contribution is 2.28. The first-order valence-electron chi connectivity index (χ1n) is 7.04. The molecule has 1 aromatic heterocycles. The van der Waals surface area contributed by atoms with E-state index in [1.165, 1.54) is 11.3 Å². The molecule has 1 heterocycles. The first-order valence-corrected chi connectivity index (χ1v) is 7.04. The summed E-state index contributed by atoms with van der Waals surface area (Å²) in [5.41, 5.74) is 2.55. The van der Waals surface area contributed by atoms with Crippen LogP contribution in [-0.4, -0.2) is 11.6 Å². The Kier molecular flexibility index (Phi) is 4.75. The number of nitrogens with zero attached hydrogens (tertiary/aromatic N) is 2. The molecule has 1 aliphatic carbocycles. The van der Waals surface area contributed by atoms with Gasteiger partial charge in [-0.05, 0) is 44.7 Å². The summed E-state index contributed by atoms with van der Waals surface area (Å²) >= 11 is 0. The highest BCUT2D eigenvalue weighted by molar-refractivity contribution is 5.27. The maximum absolute atomic E-state index is 12.0. The molecular weight excluding hydrogens is 238 g/mol. The van der Waals surface area contributed by atoms with E-state index >= 15 is 0 Å². The van der Waals surface area contributed by atoms with Gasteiger partial charge >= 0.3 is 0 Å². The van der Waals surface area contributed by atoms with Gasteiger partial charge in [-0.15, -0.1) is 0 Å². The average molecular weight is 259 g/mol. The number of hydrogen-bond donors (Lipinski definition) is 1. The van der Waals surface area contributed by atoms with Crippen LogP contribution in [0.1, 0.15) is 49.4 Å². The first kappa shape index (κ1) is 13.8. The van der Waals surface area contributed by atoms with Gasteiger partial charge in [0.25, 0.3) is 5.56 Å². The molecule has 1 unspecified atom stereocenters. The van der Waals surface area contributed by atoms with Crippen LogP contribution in [0.15, 0.2) is 16.9 Å². The van der Waals surface area contributed by atoms with Crippen molar-refractivity contribution in [2.45, 2.75) is 51.1 Å². The van der Waals surface area contributed by atoms with E-state index in [1.54, 1.807) is 6.07 Å². The number of hydrogen-bond acceptors (Lipinski definition) is 3. The molecule has 0 saturated heterocycles. The van der Waals surface area contributed by atoms with Gasteiger partial charge in [-0.3, -0.25) is 4.79 Å². The zero-order valence-corrected chi connectivity index (χ0v) is 11.5. The van der Waals surface area contributed by atoms with E-state index < -0.39 is 0 Å². The van der Waals surface area contributed by atoms with Gasteiger partial charge < -0.3 is 9.88 Å². The lowest BCUT2D eigenvalue weighted by Crippen LogP contribution is -2.30. The van der Waals surface area contributed by atoms with Gasteiger partial charge in [0, 0.05) is 30.8 Å². The molecule has 0 amide bonds. The Balaban J connectivity index is 2.23. The minimum Gasteiger partial charge on any atom is -0.313 e. The molecule has 0 fully saturated rings. The van der Waals surface area contributed by atoms with Crippen LogP contribution in [-0.2, 0) is 13.0 Å². The largest absolute Gasteiger partial charge is 0.313 e. The molecule has 1 aliphatic rings. The fraction of sp³-hybridized carbons (Fsp3) is 0.600. The van der Waals surface area contributed by atoms with Crippen molar-refractivity contribution in [3.63, 3.8) is 0 Å². The molecule has 102 valence electrons. The Hall–Kier alpha value is -1.60. The third-order valence-corrected chi connectivity index (χ3v) is 3.88. The summed E-state index contributed by atoms with van der Waals surface area (Å²) in [5.74, 6) is 0. The average Bonchev–Trinajstić information content (AvgIpc) is 2.44. The van der Waals surface area contributed by atoms with E-state index in [0.717, 1.165) is 38.6 Å². The van der Waals surface area contributed by atoms with Crippen LogP contribution in [0.25, 0.3) is 0 Å². The summed E-state index contributed by atoms with van der Waals surface area (Å²) in [6.07, 6.45) is 5.58. The first-order chi connectivity index (χ1) is 9.27. The molecule has 1 aromatic rings. The summed E-state index contributed by atoms with van der Waals surface area (Å²) in [4.78, 5) is 12.0. The Labute approximate surface area is 114 Å². The summed E-state index contributed by atoms with van der Waals surface area (Å²) < 4.78 is 1.91. The lowest BCUT2D eigenvalue weighted by molar-refractivity contribution is 0.462. The number of rotatable bonds is 5. The Morgan fingerprint density at radius 2 is 2.32 bits per heavy atom. The normalized spacial score (nSPS) is 17.8. The highest BCUT2D eigenvalue weighted by atomic mass is 16.1. The number of nitriles is 1. The maximum Gasteiger partial charge on any atom is 0.250 e. The molecule has 4 nitrogen and oxygen atoms in total. The van der Waals surface area contributed by atoms with Gasteiger partial charge in [0.2, 0.25) is 0 Å². The fourth-order valence-electron chi connectivity index (χ4n) is 2.88. The molecule has 0 spiro atoms. The van der Waals surface area contributed by atoms with Gasteiger partial charge in [0.05, 0.1) is 6.07 Å². The summed E-state index contributed by atoms with van der Waals surface area (Å²) in [6, 6.07) is 6.18. The zero-order valence-electron chi connectivity index (χ0n) is 11.5. The lowest BCUT2D eigenvalue weighted by Gasteiger charge is -2.27. The minimum absolute atomic E-state index is 0.0902. The molecular formula is C15H21N3O. The molecule has 0 aliphatic heterocycles. The number of nitrogens with one attached hydrogen (secondary N) is 1. The quantitative estimate of drug-likeness (QED) is 0.824. The molecule has 4 heteroatoms. The van der Waals surface area contributed by atoms with E-state index in [9.17, 15) is 4.79 Å². The van der Waals surface area contributed by atoms with Crippen molar-refractivity contribution in [1.82, 2.24) is 9.88 Å². The van der Waals surface area contributed by atoms with E-state index in [-0.39, 0.29) is 5.56 Å². The summed E-state index contributed by atoms with van der Waals surface area (Å²) in [5, 5.41) is 11.9. The molecule has 0 aromatic carbocycles. The number of unbranched alkanes of at least 4 members (excludes halogenated alkanes) is 2. The van der Waals surface area contributed by atoms with Gasteiger partial charge in [0.1, 0.15) is 0 Å². The van der Waals surface area contributed by atoms with Crippen molar-refractivity contribution in [3.05, 3.63) is 33.7 Å². The summed E-state index contributed by atoms with van der Waals surface area (Å²) in [7, 11) is 1.97. The number of fused-ring (bicyclic) bond motifs is 1. The number of pyridine rings is 1. The molecule has 1 atom stereocenters. The monoisotopic (exact) mass is 259 g/mol. The Morgan fingerprint density at radius 3 is 3.05 bits per heavy atom. The molecule has 19 heavy (non-hydrogen) atoms. The molecule has 0 bridgehead atoms. The van der Waals surface area contributed by atoms with Crippen molar-refractivity contribution in [2.75, 3.05) is 7.05 Å². The van der Waals surface area contributed by atoms with E-state index in [4.69, 9.17) is 5.26 Å². The highest BCUT2D eigenvalue weighted by Gasteiger charge is 2.21. The minimum atomic E-state index is 0.0902. The summed E-state index contributed by atoms with van der Waals surface area (Å²) in [6.45, 7) is 0.736. The Morgan fingerprint density at radius 1 is 1.47 bits per heavy atom. The van der Waals surface area contributed by atoms with Crippen molar-refractivity contribution < 1.29 is 0 Å². The fourth-order valence-corrected chi connectivity index (χ4v) is 2.88. The molecule has 0 radical (unpaired) electrons. The standard InChI is InChI=1S/C15H21N3O/c1-17-13-6-5-7-14-12(13)8-9-15(19)18(14)11-4-2-3-10-16/h8-9,13,17H,2-7,11H2,1H3. The van der Waals surface area contributed by atoms with Gasteiger partial charge in [-0.2, -0.15) is 5.26 Å². The topological polar surface area (TPSA) is 57.8 Å². The van der Waals surface area contributed by atoms with Crippen molar-refractivity contribution in [1.29, 1.82) is 5.26 Å². The van der Waals surface area contributed by atoms with Crippen LogP contribution >= 0.6 is 0 Å². The predicted octanol–water partition coefficient (Wildman–Crippen LogP) is 2.14. The second kappa shape index (κ2) is 6.53. The van der Waals surface area contributed by atoms with Gasteiger partial charge in [-0.1, -0.05) is 6.07 Å². The van der Waals surface area contributed by atoms with E-state index in [0.29, 0.717) is 12.5 Å². The second-order valence-corrected chi connectivity index (χ2v) is 5.07. The Bertz CT molecular complexity index is 527. The third kappa shape index (κ3) is 3.05. The smallest absolute Gasteiger partial charge is 0.250 e. The molecule has 2 rings (SSSR count). The van der Waals surface area contributed by atoms with E-state index in [2.05, 4.69) is 11.4 Å². The van der Waals surface area contributed by atoms with Crippen LogP contribution < -0.4 is 10.9 Å². The van der Waals surface area contributed by atoms with Crippen molar-refractivity contribution in [2.24, 2.45) is 0 Å². The third-order valence-electron chi connectivity index (χ3n) is 3.88.